The highest BCUT2D eigenvalue weighted by atomic mass is 16.7. The lowest BCUT2D eigenvalue weighted by Gasteiger charge is -2.08. The summed E-state index contributed by atoms with van der Waals surface area (Å²) >= 11 is 0. The molecule has 0 saturated heterocycles. The molecule has 1 aromatic carbocycles. The second-order valence-corrected chi connectivity index (χ2v) is 3.23. The summed E-state index contributed by atoms with van der Waals surface area (Å²) in [4.78, 5) is 9.91. The van der Waals surface area contributed by atoms with Crippen LogP contribution in [0.5, 0.6) is 5.75 Å². The summed E-state index contributed by atoms with van der Waals surface area (Å²) in [5, 5.41) is 10.4. The smallest absolute Gasteiger partial charge is 0.269 e. The molecule has 0 N–H and O–H groups in total. The number of hydrogen-bond acceptors (Lipinski definition) is 4. The third-order valence-corrected chi connectivity index (χ3v) is 1.67. The first kappa shape index (κ1) is 11.5. The summed E-state index contributed by atoms with van der Waals surface area (Å²) in [6.45, 7) is 3.95. The molecule has 0 aliphatic carbocycles. The van der Waals surface area contributed by atoms with Gasteiger partial charge in [0.2, 0.25) is 0 Å². The second kappa shape index (κ2) is 5.31. The van der Waals surface area contributed by atoms with Gasteiger partial charge in [-0.1, -0.05) is 0 Å². The molecular weight excluding hydrogens is 198 g/mol. The third kappa shape index (κ3) is 3.95. The minimum Gasteiger partial charge on any atom is -0.468 e. The van der Waals surface area contributed by atoms with Crippen molar-refractivity contribution in [3.05, 3.63) is 34.4 Å². The van der Waals surface area contributed by atoms with Crippen LogP contribution < -0.4 is 4.74 Å². The molecular formula is C10H13NO4. The molecule has 0 bridgehead atoms. The van der Waals surface area contributed by atoms with Gasteiger partial charge in [-0.25, -0.2) is 0 Å². The highest BCUT2D eigenvalue weighted by Crippen LogP contribution is 2.17. The van der Waals surface area contributed by atoms with Crippen molar-refractivity contribution >= 4 is 5.69 Å². The van der Waals surface area contributed by atoms with Crippen molar-refractivity contribution in [2.24, 2.45) is 0 Å². The molecule has 15 heavy (non-hydrogen) atoms. The summed E-state index contributed by atoms with van der Waals surface area (Å²) < 4.78 is 10.4. The summed E-state index contributed by atoms with van der Waals surface area (Å²) in [7, 11) is 0. The van der Waals surface area contributed by atoms with Gasteiger partial charge in [-0.05, 0) is 26.0 Å². The molecule has 0 aliphatic rings. The highest BCUT2D eigenvalue weighted by Gasteiger charge is 2.04. The number of ether oxygens (including phenoxy) is 2. The lowest BCUT2D eigenvalue weighted by Crippen LogP contribution is -2.08. The van der Waals surface area contributed by atoms with Crippen LogP contribution in [0.2, 0.25) is 0 Å². The van der Waals surface area contributed by atoms with Gasteiger partial charge in [0.1, 0.15) is 5.75 Å². The molecule has 0 amide bonds. The first-order valence-corrected chi connectivity index (χ1v) is 4.58. The summed E-state index contributed by atoms with van der Waals surface area (Å²) in [6, 6.07) is 5.87. The van der Waals surface area contributed by atoms with Crippen molar-refractivity contribution < 1.29 is 14.4 Å². The molecule has 5 nitrogen and oxygen atoms in total. The zero-order chi connectivity index (χ0) is 11.3. The van der Waals surface area contributed by atoms with E-state index in [4.69, 9.17) is 9.47 Å². The number of nitro benzene ring substituents is 1. The molecule has 0 aliphatic heterocycles. The zero-order valence-electron chi connectivity index (χ0n) is 8.67. The minimum absolute atomic E-state index is 0.0483. The van der Waals surface area contributed by atoms with E-state index in [1.54, 1.807) is 12.1 Å². The largest absolute Gasteiger partial charge is 0.468 e. The fourth-order valence-electron chi connectivity index (χ4n) is 0.902. The van der Waals surface area contributed by atoms with Crippen LogP contribution in [0.3, 0.4) is 0 Å². The van der Waals surface area contributed by atoms with E-state index in [0.717, 1.165) is 0 Å². The predicted octanol–water partition coefficient (Wildman–Crippen LogP) is 2.36. The van der Waals surface area contributed by atoms with Gasteiger partial charge in [0.25, 0.3) is 5.69 Å². The summed E-state index contributed by atoms with van der Waals surface area (Å²) in [6.07, 6.45) is 0.100. The molecule has 1 rings (SSSR count). The van der Waals surface area contributed by atoms with Crippen LogP contribution in [0.25, 0.3) is 0 Å². The quantitative estimate of drug-likeness (QED) is 0.426. The lowest BCUT2D eigenvalue weighted by atomic mass is 10.3. The van der Waals surface area contributed by atoms with E-state index in [1.165, 1.54) is 12.1 Å². The van der Waals surface area contributed by atoms with Crippen LogP contribution >= 0.6 is 0 Å². The van der Waals surface area contributed by atoms with Gasteiger partial charge < -0.3 is 9.47 Å². The Morgan fingerprint density at radius 3 is 2.40 bits per heavy atom. The van der Waals surface area contributed by atoms with Crippen molar-refractivity contribution in [3.63, 3.8) is 0 Å². The molecule has 0 unspecified atom stereocenters. The van der Waals surface area contributed by atoms with E-state index in [1.807, 2.05) is 13.8 Å². The van der Waals surface area contributed by atoms with Gasteiger partial charge in [0.15, 0.2) is 6.79 Å². The van der Waals surface area contributed by atoms with Crippen LogP contribution in [0.4, 0.5) is 5.69 Å². The zero-order valence-corrected chi connectivity index (χ0v) is 8.67. The van der Waals surface area contributed by atoms with E-state index < -0.39 is 4.92 Å². The molecule has 82 valence electrons. The maximum absolute atomic E-state index is 10.4. The third-order valence-electron chi connectivity index (χ3n) is 1.67. The molecule has 1 aromatic rings. The van der Waals surface area contributed by atoms with Gasteiger partial charge in [0, 0.05) is 12.1 Å². The Hall–Kier alpha value is -1.62. The Kier molecular flexibility index (Phi) is 4.05. The molecule has 0 saturated carbocycles. The molecule has 0 radical (unpaired) electrons. The first-order valence-electron chi connectivity index (χ1n) is 4.58. The fourth-order valence-corrected chi connectivity index (χ4v) is 0.902. The average Bonchev–Trinajstić information content (AvgIpc) is 2.18. The minimum atomic E-state index is -0.450. The maximum Gasteiger partial charge on any atom is 0.269 e. The average molecular weight is 211 g/mol. The van der Waals surface area contributed by atoms with E-state index in [-0.39, 0.29) is 18.6 Å². The molecule has 5 heteroatoms. The number of hydrogen-bond donors (Lipinski definition) is 0. The Morgan fingerprint density at radius 1 is 1.33 bits per heavy atom. The van der Waals surface area contributed by atoms with E-state index in [9.17, 15) is 10.1 Å². The Labute approximate surface area is 87.8 Å². The molecule has 0 atom stereocenters. The van der Waals surface area contributed by atoms with Gasteiger partial charge in [-0.3, -0.25) is 10.1 Å². The first-order chi connectivity index (χ1) is 7.09. The lowest BCUT2D eigenvalue weighted by molar-refractivity contribution is -0.384. The highest BCUT2D eigenvalue weighted by molar-refractivity contribution is 5.35. The Morgan fingerprint density at radius 2 is 1.93 bits per heavy atom. The molecule has 0 fully saturated rings. The second-order valence-electron chi connectivity index (χ2n) is 3.23. The van der Waals surface area contributed by atoms with Crippen molar-refractivity contribution in [1.82, 2.24) is 0 Å². The topological polar surface area (TPSA) is 61.6 Å². The van der Waals surface area contributed by atoms with Crippen LogP contribution in [0.1, 0.15) is 13.8 Å². The van der Waals surface area contributed by atoms with Gasteiger partial charge in [-0.15, -0.1) is 0 Å². The van der Waals surface area contributed by atoms with Gasteiger partial charge >= 0.3 is 0 Å². The van der Waals surface area contributed by atoms with Crippen molar-refractivity contribution in [2.75, 3.05) is 6.79 Å². The summed E-state index contributed by atoms with van der Waals surface area (Å²) in [5.74, 6) is 0.557. The van der Waals surface area contributed by atoms with E-state index >= 15 is 0 Å². The normalized spacial score (nSPS) is 10.3. The fraction of sp³-hybridized carbons (Fsp3) is 0.400. The Bertz CT molecular complexity index is 321. The van der Waals surface area contributed by atoms with Crippen molar-refractivity contribution in [2.45, 2.75) is 20.0 Å². The van der Waals surface area contributed by atoms with Crippen LogP contribution in [0.15, 0.2) is 24.3 Å². The number of rotatable bonds is 5. The van der Waals surface area contributed by atoms with Gasteiger partial charge in [-0.2, -0.15) is 0 Å². The SMILES string of the molecule is CC(C)OCOc1ccc([N+](=O)[O-])cc1. The van der Waals surface area contributed by atoms with E-state index in [2.05, 4.69) is 0 Å². The number of nitro groups is 1. The van der Waals surface area contributed by atoms with Crippen LogP contribution in [-0.2, 0) is 4.74 Å². The summed E-state index contributed by atoms with van der Waals surface area (Å²) in [5.41, 5.74) is 0.0483. The molecule has 0 spiro atoms. The molecule has 0 heterocycles. The van der Waals surface area contributed by atoms with Crippen LogP contribution in [-0.4, -0.2) is 17.8 Å². The standard InChI is InChI=1S/C10H13NO4/c1-8(2)14-7-15-10-5-3-9(4-6-10)11(12)13/h3-6,8H,7H2,1-2H3. The van der Waals surface area contributed by atoms with Crippen molar-refractivity contribution in [1.29, 1.82) is 0 Å². The molecule has 0 aromatic heterocycles. The van der Waals surface area contributed by atoms with Crippen molar-refractivity contribution in [3.8, 4) is 5.75 Å². The predicted molar refractivity (Wildman–Crippen MR) is 54.8 cm³/mol. The van der Waals surface area contributed by atoms with E-state index in [0.29, 0.717) is 5.75 Å². The number of nitrogens with zero attached hydrogens (tertiary/aromatic N) is 1. The number of benzene rings is 1. The van der Waals surface area contributed by atoms with Crippen LogP contribution in [0, 0.1) is 10.1 Å². The Balaban J connectivity index is 2.46. The van der Waals surface area contributed by atoms with Gasteiger partial charge in [0.05, 0.1) is 11.0 Å². The number of non-ortho nitro benzene ring substituents is 1. The maximum atomic E-state index is 10.4. The monoisotopic (exact) mass is 211 g/mol.